The van der Waals surface area contributed by atoms with Crippen molar-refractivity contribution in [3.63, 3.8) is 0 Å². The number of para-hydroxylation sites is 2. The van der Waals surface area contributed by atoms with E-state index < -0.39 is 11.5 Å². The van der Waals surface area contributed by atoms with E-state index in [1.54, 1.807) is 36.4 Å². The van der Waals surface area contributed by atoms with Crippen molar-refractivity contribution in [2.24, 2.45) is 0 Å². The molecule has 0 bridgehead atoms. The van der Waals surface area contributed by atoms with Crippen LogP contribution in [0.15, 0.2) is 72.8 Å². The Hall–Kier alpha value is -3.67. The van der Waals surface area contributed by atoms with Crippen LogP contribution >= 0.6 is 0 Å². The van der Waals surface area contributed by atoms with E-state index in [1.807, 2.05) is 12.1 Å². The molecule has 0 saturated heterocycles. The summed E-state index contributed by atoms with van der Waals surface area (Å²) in [5.74, 6) is -1.11. The largest absolute Gasteiger partial charge is 0.350 e. The molecule has 3 aromatic rings. The fourth-order valence-corrected chi connectivity index (χ4v) is 3.79. The number of fused-ring (bicyclic) bond motifs is 3. The van der Waals surface area contributed by atoms with Crippen LogP contribution in [0.3, 0.4) is 0 Å². The Bertz CT molecular complexity index is 1100. The number of nitrogens with one attached hydrogen (secondary N) is 2. The van der Waals surface area contributed by atoms with E-state index in [0.717, 1.165) is 0 Å². The molecule has 5 nitrogen and oxygen atoms in total. The maximum absolute atomic E-state index is 13.5. The second-order valence-corrected chi connectivity index (χ2v) is 6.50. The molecule has 0 radical (unpaired) electrons. The van der Waals surface area contributed by atoms with Crippen LogP contribution in [0.5, 0.6) is 0 Å². The number of hydrogen-bond acceptors (Lipinski definition) is 3. The molecule has 5 rings (SSSR count). The van der Waals surface area contributed by atoms with Crippen molar-refractivity contribution in [3.05, 3.63) is 89.7 Å². The zero-order valence-electron chi connectivity index (χ0n) is 14.1. The topological polar surface area (TPSA) is 61.4 Å². The Kier molecular flexibility index (Phi) is 3.12. The van der Waals surface area contributed by atoms with Gasteiger partial charge in [0.15, 0.2) is 0 Å². The van der Waals surface area contributed by atoms with Crippen LogP contribution < -0.4 is 15.5 Å². The third-order valence-electron chi connectivity index (χ3n) is 4.99. The first-order valence-corrected chi connectivity index (χ1v) is 8.49. The van der Waals surface area contributed by atoms with Gasteiger partial charge in [0.05, 0.1) is 5.56 Å². The third-order valence-corrected chi connectivity index (χ3v) is 4.99. The van der Waals surface area contributed by atoms with Gasteiger partial charge in [-0.2, -0.15) is 0 Å². The molecule has 2 amide bonds. The van der Waals surface area contributed by atoms with E-state index in [1.165, 1.54) is 29.2 Å². The maximum Gasteiger partial charge on any atom is 0.276 e. The predicted octanol–water partition coefficient (Wildman–Crippen LogP) is 3.70. The number of nitrogens with zero attached hydrogens (tertiary/aromatic N) is 1. The van der Waals surface area contributed by atoms with Crippen LogP contribution in [0.25, 0.3) is 0 Å². The minimum Gasteiger partial charge on any atom is -0.350 e. The molecular weight excluding hydrogens is 345 g/mol. The summed E-state index contributed by atoms with van der Waals surface area (Å²) in [6, 6.07) is 19.8. The SMILES string of the molecule is O=C1c2ccccc2N[C@]2(C(=O)Nc3ccccc32)N1c1ccc(F)cc1. The Balaban J connectivity index is 1.81. The van der Waals surface area contributed by atoms with Gasteiger partial charge in [-0.15, -0.1) is 0 Å². The van der Waals surface area contributed by atoms with Gasteiger partial charge in [-0.25, -0.2) is 4.39 Å². The summed E-state index contributed by atoms with van der Waals surface area (Å²) in [5.41, 5.74) is 1.28. The van der Waals surface area contributed by atoms with Crippen LogP contribution in [0.2, 0.25) is 0 Å². The van der Waals surface area contributed by atoms with Gasteiger partial charge in [0.2, 0.25) is 5.66 Å². The zero-order chi connectivity index (χ0) is 18.6. The second-order valence-electron chi connectivity index (χ2n) is 6.50. The van der Waals surface area contributed by atoms with E-state index in [4.69, 9.17) is 0 Å². The standard InChI is InChI=1S/C21H14FN3O2/c22-13-9-11-14(12-10-13)25-19(26)15-5-1-3-7-17(15)24-21(25)16-6-2-4-8-18(16)23-20(21)27/h1-12,24H,(H,23,27)/t21-/m0/s1. The minimum atomic E-state index is -1.44. The van der Waals surface area contributed by atoms with E-state index >= 15 is 0 Å². The first kappa shape index (κ1) is 15.6. The van der Waals surface area contributed by atoms with Crippen molar-refractivity contribution in [1.29, 1.82) is 0 Å². The van der Waals surface area contributed by atoms with Crippen LogP contribution in [-0.2, 0) is 10.5 Å². The van der Waals surface area contributed by atoms with Crippen LogP contribution in [0.1, 0.15) is 15.9 Å². The fraction of sp³-hybridized carbons (Fsp3) is 0.0476. The molecule has 0 fully saturated rings. The van der Waals surface area contributed by atoms with Gasteiger partial charge in [0.25, 0.3) is 11.8 Å². The zero-order valence-corrected chi connectivity index (χ0v) is 14.1. The number of carbonyl (C=O) groups is 2. The number of rotatable bonds is 1. The second kappa shape index (κ2) is 5.41. The fourth-order valence-electron chi connectivity index (χ4n) is 3.79. The number of anilines is 3. The maximum atomic E-state index is 13.5. The molecular formula is C21H14FN3O2. The van der Waals surface area contributed by atoms with Gasteiger partial charge < -0.3 is 10.6 Å². The summed E-state index contributed by atoms with van der Waals surface area (Å²) in [7, 11) is 0. The van der Waals surface area contributed by atoms with Crippen LogP contribution in [-0.4, -0.2) is 11.8 Å². The molecule has 0 aromatic heterocycles. The summed E-state index contributed by atoms with van der Waals surface area (Å²) >= 11 is 0. The molecule has 132 valence electrons. The third kappa shape index (κ3) is 2.04. The number of benzene rings is 3. The molecule has 0 saturated carbocycles. The normalized spacial score (nSPS) is 20.1. The summed E-state index contributed by atoms with van der Waals surface area (Å²) in [5, 5.41) is 6.12. The molecule has 2 aliphatic heterocycles. The molecule has 27 heavy (non-hydrogen) atoms. The predicted molar refractivity (Wildman–Crippen MR) is 100 cm³/mol. The molecule has 1 spiro atoms. The van der Waals surface area contributed by atoms with Crippen molar-refractivity contribution in [1.82, 2.24) is 0 Å². The van der Waals surface area contributed by atoms with Crippen molar-refractivity contribution < 1.29 is 14.0 Å². The highest BCUT2D eigenvalue weighted by Crippen LogP contribution is 2.47. The lowest BCUT2D eigenvalue weighted by Crippen LogP contribution is -2.61. The number of halogens is 1. The Morgan fingerprint density at radius 3 is 2.26 bits per heavy atom. The number of amides is 2. The van der Waals surface area contributed by atoms with E-state index in [2.05, 4.69) is 10.6 Å². The Morgan fingerprint density at radius 2 is 1.48 bits per heavy atom. The first-order chi connectivity index (χ1) is 13.1. The summed E-state index contributed by atoms with van der Waals surface area (Å²) in [6.45, 7) is 0. The van der Waals surface area contributed by atoms with Crippen molar-refractivity contribution in [3.8, 4) is 0 Å². The first-order valence-electron chi connectivity index (χ1n) is 8.49. The van der Waals surface area contributed by atoms with Gasteiger partial charge in [0, 0.05) is 22.6 Å². The number of carbonyl (C=O) groups excluding carboxylic acids is 2. The summed E-state index contributed by atoms with van der Waals surface area (Å²) < 4.78 is 13.5. The Morgan fingerprint density at radius 1 is 0.815 bits per heavy atom. The molecule has 2 aliphatic rings. The van der Waals surface area contributed by atoms with E-state index in [9.17, 15) is 14.0 Å². The van der Waals surface area contributed by atoms with Gasteiger partial charge in [-0.05, 0) is 42.5 Å². The molecule has 2 heterocycles. The molecule has 2 N–H and O–H groups in total. The van der Waals surface area contributed by atoms with Crippen LogP contribution in [0, 0.1) is 5.82 Å². The van der Waals surface area contributed by atoms with Crippen molar-refractivity contribution in [2.45, 2.75) is 5.66 Å². The lowest BCUT2D eigenvalue weighted by molar-refractivity contribution is -0.119. The van der Waals surface area contributed by atoms with Crippen LogP contribution in [0.4, 0.5) is 21.5 Å². The summed E-state index contributed by atoms with van der Waals surface area (Å²) in [6.07, 6.45) is 0. The average molecular weight is 359 g/mol. The lowest BCUT2D eigenvalue weighted by atomic mass is 9.92. The van der Waals surface area contributed by atoms with Gasteiger partial charge in [-0.1, -0.05) is 30.3 Å². The highest BCUT2D eigenvalue weighted by atomic mass is 19.1. The van der Waals surface area contributed by atoms with Crippen molar-refractivity contribution >= 4 is 28.9 Å². The van der Waals surface area contributed by atoms with Crippen molar-refractivity contribution in [2.75, 3.05) is 15.5 Å². The molecule has 0 unspecified atom stereocenters. The van der Waals surface area contributed by atoms with E-state index in [0.29, 0.717) is 28.2 Å². The number of hydrogen-bond donors (Lipinski definition) is 2. The smallest absolute Gasteiger partial charge is 0.276 e. The van der Waals surface area contributed by atoms with Gasteiger partial charge in [-0.3, -0.25) is 14.5 Å². The average Bonchev–Trinajstić information content (AvgIpc) is 2.95. The van der Waals surface area contributed by atoms with Gasteiger partial charge >= 0.3 is 0 Å². The molecule has 3 aromatic carbocycles. The summed E-state index contributed by atoms with van der Waals surface area (Å²) in [4.78, 5) is 28.0. The molecule has 0 aliphatic carbocycles. The molecule has 1 atom stereocenters. The molecule has 6 heteroatoms. The monoisotopic (exact) mass is 359 g/mol. The highest BCUT2D eigenvalue weighted by molar-refractivity contribution is 6.21. The quantitative estimate of drug-likeness (QED) is 0.696. The highest BCUT2D eigenvalue weighted by Gasteiger charge is 2.56. The van der Waals surface area contributed by atoms with E-state index in [-0.39, 0.29) is 11.8 Å². The Labute approximate surface area is 154 Å². The van der Waals surface area contributed by atoms with Gasteiger partial charge in [0.1, 0.15) is 5.82 Å². The minimum absolute atomic E-state index is 0.331. The lowest BCUT2D eigenvalue weighted by Gasteiger charge is -2.44.